The fourth-order valence-electron chi connectivity index (χ4n) is 3.43. The number of anilines is 2. The van der Waals surface area contributed by atoms with Gasteiger partial charge < -0.3 is 5.32 Å². The van der Waals surface area contributed by atoms with E-state index in [9.17, 15) is 0 Å². The Labute approximate surface area is 157 Å². The van der Waals surface area contributed by atoms with Crippen LogP contribution < -0.4 is 5.32 Å². The van der Waals surface area contributed by atoms with Gasteiger partial charge in [-0.25, -0.2) is 15.0 Å². The van der Waals surface area contributed by atoms with Crippen LogP contribution in [-0.2, 0) is 6.54 Å². The summed E-state index contributed by atoms with van der Waals surface area (Å²) in [4.78, 5) is 21.6. The number of thiazole rings is 1. The Balaban J connectivity index is 1.58. The zero-order valence-electron chi connectivity index (χ0n) is 14.8. The van der Waals surface area contributed by atoms with Crippen molar-refractivity contribution in [3.63, 3.8) is 0 Å². The first-order valence-electron chi connectivity index (χ1n) is 8.93. The normalized spacial score (nSPS) is 18.0. The van der Waals surface area contributed by atoms with E-state index in [0.717, 1.165) is 42.7 Å². The van der Waals surface area contributed by atoms with Crippen molar-refractivity contribution in [2.45, 2.75) is 38.8 Å². The van der Waals surface area contributed by atoms with Crippen molar-refractivity contribution in [2.24, 2.45) is 0 Å². The van der Waals surface area contributed by atoms with Crippen molar-refractivity contribution < 1.29 is 0 Å². The summed E-state index contributed by atoms with van der Waals surface area (Å²) in [6.07, 6.45) is 7.33. The number of nitrogens with one attached hydrogen (secondary N) is 1. The standard InChI is InChI=1S/C19H22N6S/c1-14-22-16(10-19(23-14)24-18-7-2-4-8-21-18)17-6-3-5-9-25(17)12-15-11-20-13-26-15/h2,4,7-8,10-11,13,17H,3,5-6,9,12H2,1H3,(H,21,22,23,24)/t17-/m0/s1. The zero-order valence-corrected chi connectivity index (χ0v) is 15.6. The number of hydrogen-bond acceptors (Lipinski definition) is 7. The molecule has 0 spiro atoms. The van der Waals surface area contributed by atoms with Crippen LogP contribution >= 0.6 is 11.3 Å². The maximum Gasteiger partial charge on any atom is 0.135 e. The van der Waals surface area contributed by atoms with Crippen molar-refractivity contribution in [1.29, 1.82) is 0 Å². The Morgan fingerprint density at radius 3 is 3.00 bits per heavy atom. The van der Waals surface area contributed by atoms with Gasteiger partial charge in [0.15, 0.2) is 0 Å². The molecule has 1 fully saturated rings. The molecule has 4 rings (SSSR count). The minimum Gasteiger partial charge on any atom is -0.325 e. The lowest BCUT2D eigenvalue weighted by atomic mass is 9.99. The second-order valence-electron chi connectivity index (χ2n) is 6.52. The second kappa shape index (κ2) is 7.88. The van der Waals surface area contributed by atoms with E-state index in [0.29, 0.717) is 6.04 Å². The van der Waals surface area contributed by atoms with Crippen molar-refractivity contribution in [1.82, 2.24) is 24.8 Å². The van der Waals surface area contributed by atoms with Gasteiger partial charge in [-0.1, -0.05) is 12.5 Å². The van der Waals surface area contributed by atoms with Gasteiger partial charge in [0.2, 0.25) is 0 Å². The van der Waals surface area contributed by atoms with Gasteiger partial charge in [-0.2, -0.15) is 0 Å². The molecule has 134 valence electrons. The molecule has 1 atom stereocenters. The van der Waals surface area contributed by atoms with Gasteiger partial charge in [-0.15, -0.1) is 11.3 Å². The van der Waals surface area contributed by atoms with E-state index in [4.69, 9.17) is 4.98 Å². The predicted molar refractivity (Wildman–Crippen MR) is 103 cm³/mol. The molecule has 0 unspecified atom stereocenters. The average molecular weight is 366 g/mol. The fourth-order valence-corrected chi connectivity index (χ4v) is 4.05. The summed E-state index contributed by atoms with van der Waals surface area (Å²) in [6.45, 7) is 3.97. The van der Waals surface area contributed by atoms with Gasteiger partial charge in [-0.05, 0) is 38.4 Å². The van der Waals surface area contributed by atoms with E-state index >= 15 is 0 Å². The third-order valence-electron chi connectivity index (χ3n) is 4.58. The Hall–Kier alpha value is -2.38. The average Bonchev–Trinajstić information content (AvgIpc) is 3.16. The van der Waals surface area contributed by atoms with Crippen LogP contribution in [0.1, 0.15) is 41.7 Å². The van der Waals surface area contributed by atoms with Crippen LogP contribution in [-0.4, -0.2) is 31.4 Å². The molecule has 26 heavy (non-hydrogen) atoms. The van der Waals surface area contributed by atoms with Gasteiger partial charge in [0.25, 0.3) is 0 Å². The van der Waals surface area contributed by atoms with Crippen molar-refractivity contribution in [2.75, 3.05) is 11.9 Å². The molecule has 1 saturated heterocycles. The fraction of sp³-hybridized carbons (Fsp3) is 0.368. The number of pyridine rings is 1. The summed E-state index contributed by atoms with van der Waals surface area (Å²) < 4.78 is 0. The molecule has 0 radical (unpaired) electrons. The van der Waals surface area contributed by atoms with E-state index in [1.54, 1.807) is 17.5 Å². The molecule has 3 aromatic rings. The molecule has 6 nitrogen and oxygen atoms in total. The summed E-state index contributed by atoms with van der Waals surface area (Å²) in [6, 6.07) is 8.19. The van der Waals surface area contributed by atoms with Crippen molar-refractivity contribution >= 4 is 23.0 Å². The largest absolute Gasteiger partial charge is 0.325 e. The second-order valence-corrected chi connectivity index (χ2v) is 7.49. The molecule has 0 amide bonds. The van der Waals surface area contributed by atoms with E-state index in [2.05, 4.69) is 31.2 Å². The number of nitrogens with zero attached hydrogens (tertiary/aromatic N) is 5. The van der Waals surface area contributed by atoms with Crippen molar-refractivity contribution in [3.05, 3.63) is 58.6 Å². The molecule has 1 N–H and O–H groups in total. The van der Waals surface area contributed by atoms with E-state index in [1.807, 2.05) is 36.8 Å². The van der Waals surface area contributed by atoms with E-state index in [1.165, 1.54) is 17.7 Å². The van der Waals surface area contributed by atoms with Crippen LogP contribution in [0.5, 0.6) is 0 Å². The van der Waals surface area contributed by atoms with Crippen LogP contribution in [0.4, 0.5) is 11.6 Å². The summed E-state index contributed by atoms with van der Waals surface area (Å²) in [5.74, 6) is 2.38. The maximum absolute atomic E-state index is 4.75. The molecule has 0 aliphatic carbocycles. The van der Waals surface area contributed by atoms with Crippen LogP contribution in [0.2, 0.25) is 0 Å². The van der Waals surface area contributed by atoms with E-state index in [-0.39, 0.29) is 0 Å². The summed E-state index contributed by atoms with van der Waals surface area (Å²) in [7, 11) is 0. The molecule has 0 saturated carbocycles. The number of aryl methyl sites for hydroxylation is 1. The first-order chi connectivity index (χ1) is 12.8. The molecule has 4 heterocycles. The minimum absolute atomic E-state index is 0.317. The van der Waals surface area contributed by atoms with E-state index < -0.39 is 0 Å². The zero-order chi connectivity index (χ0) is 17.8. The van der Waals surface area contributed by atoms with Crippen LogP contribution in [0.3, 0.4) is 0 Å². The Kier molecular flexibility index (Phi) is 5.17. The Morgan fingerprint density at radius 1 is 1.23 bits per heavy atom. The van der Waals surface area contributed by atoms with Gasteiger partial charge in [-0.3, -0.25) is 9.88 Å². The molecule has 0 aromatic carbocycles. The first kappa shape index (κ1) is 17.1. The number of piperidine rings is 1. The maximum atomic E-state index is 4.75. The highest BCUT2D eigenvalue weighted by atomic mass is 32.1. The minimum atomic E-state index is 0.317. The third kappa shape index (κ3) is 4.05. The SMILES string of the molecule is Cc1nc(Nc2ccccn2)cc([C@@H]2CCCCN2Cc2cncs2)n1. The molecular formula is C19H22N6S. The third-order valence-corrected chi connectivity index (χ3v) is 5.34. The lowest BCUT2D eigenvalue weighted by Crippen LogP contribution is -2.33. The molecule has 1 aliphatic rings. The monoisotopic (exact) mass is 366 g/mol. The summed E-state index contributed by atoms with van der Waals surface area (Å²) in [5, 5.41) is 3.30. The molecular weight excluding hydrogens is 344 g/mol. The predicted octanol–water partition coefficient (Wildman–Crippen LogP) is 4.11. The molecule has 3 aromatic heterocycles. The highest BCUT2D eigenvalue weighted by Gasteiger charge is 2.26. The Bertz CT molecular complexity index is 837. The molecule has 1 aliphatic heterocycles. The van der Waals surface area contributed by atoms with Gasteiger partial charge in [0.1, 0.15) is 17.5 Å². The van der Waals surface area contributed by atoms with Gasteiger partial charge >= 0.3 is 0 Å². The summed E-state index contributed by atoms with van der Waals surface area (Å²) >= 11 is 1.72. The number of hydrogen-bond donors (Lipinski definition) is 1. The highest BCUT2D eigenvalue weighted by molar-refractivity contribution is 7.09. The molecule has 0 bridgehead atoms. The number of rotatable bonds is 5. The van der Waals surface area contributed by atoms with Gasteiger partial charge in [0.05, 0.1) is 17.2 Å². The highest BCUT2D eigenvalue weighted by Crippen LogP contribution is 2.32. The van der Waals surface area contributed by atoms with Crippen LogP contribution in [0, 0.1) is 6.92 Å². The summed E-state index contributed by atoms with van der Waals surface area (Å²) in [5.41, 5.74) is 2.98. The Morgan fingerprint density at radius 2 is 2.19 bits per heavy atom. The number of likely N-dealkylation sites (tertiary alicyclic amines) is 1. The number of aromatic nitrogens is 4. The quantitative estimate of drug-likeness (QED) is 0.733. The molecule has 7 heteroatoms. The first-order valence-corrected chi connectivity index (χ1v) is 9.81. The van der Waals surface area contributed by atoms with Crippen LogP contribution in [0.15, 0.2) is 42.2 Å². The smallest absolute Gasteiger partial charge is 0.135 e. The van der Waals surface area contributed by atoms with Crippen LogP contribution in [0.25, 0.3) is 0 Å². The topological polar surface area (TPSA) is 66.8 Å². The van der Waals surface area contributed by atoms with Gasteiger partial charge in [0, 0.05) is 29.9 Å². The van der Waals surface area contributed by atoms with Crippen molar-refractivity contribution in [3.8, 4) is 0 Å². The lowest BCUT2D eigenvalue weighted by Gasteiger charge is -2.35. The lowest BCUT2D eigenvalue weighted by molar-refractivity contribution is 0.138.